The third-order valence-corrected chi connectivity index (χ3v) is 2.82. The van der Waals surface area contributed by atoms with Gasteiger partial charge in [-0.05, 0) is 47.9 Å². The lowest BCUT2D eigenvalue weighted by Crippen LogP contribution is -1.98. The van der Waals surface area contributed by atoms with E-state index in [0.717, 1.165) is 24.3 Å². The van der Waals surface area contributed by atoms with Crippen LogP contribution in [-0.2, 0) is 11.2 Å². The van der Waals surface area contributed by atoms with Crippen molar-refractivity contribution in [3.8, 4) is 11.1 Å². The fourth-order valence-electron chi connectivity index (χ4n) is 1.92. The first-order chi connectivity index (χ1) is 9.45. The number of benzene rings is 2. The Labute approximate surface area is 113 Å². The van der Waals surface area contributed by atoms with Crippen molar-refractivity contribution in [3.63, 3.8) is 0 Å². The molecule has 0 atom stereocenters. The van der Waals surface area contributed by atoms with E-state index < -0.39 is 23.4 Å². The van der Waals surface area contributed by atoms with Crippen molar-refractivity contribution in [1.82, 2.24) is 0 Å². The van der Waals surface area contributed by atoms with Gasteiger partial charge in [-0.3, -0.25) is 4.79 Å². The van der Waals surface area contributed by atoms with Crippen LogP contribution in [0.5, 0.6) is 0 Å². The molecule has 0 saturated carbocycles. The topological polar surface area (TPSA) is 37.3 Å². The van der Waals surface area contributed by atoms with Crippen LogP contribution in [0, 0.1) is 17.5 Å². The monoisotopic (exact) mass is 280 g/mol. The number of carboxylic acids is 1. The lowest BCUT2D eigenvalue weighted by Gasteiger charge is -2.07. The molecule has 0 aromatic heterocycles. The highest BCUT2D eigenvalue weighted by molar-refractivity contribution is 5.68. The molecule has 0 spiro atoms. The summed E-state index contributed by atoms with van der Waals surface area (Å²) >= 11 is 0. The summed E-state index contributed by atoms with van der Waals surface area (Å²) in [6, 6.07) is 6.65. The van der Waals surface area contributed by atoms with Gasteiger partial charge >= 0.3 is 5.97 Å². The summed E-state index contributed by atoms with van der Waals surface area (Å²) in [7, 11) is 0. The summed E-state index contributed by atoms with van der Waals surface area (Å²) < 4.78 is 40.3. The van der Waals surface area contributed by atoms with Gasteiger partial charge in [-0.2, -0.15) is 0 Å². The Hall–Kier alpha value is -2.30. The summed E-state index contributed by atoms with van der Waals surface area (Å²) in [6.45, 7) is 0. The van der Waals surface area contributed by atoms with Crippen molar-refractivity contribution in [2.75, 3.05) is 0 Å². The number of hydrogen-bond acceptors (Lipinski definition) is 1. The number of halogens is 3. The van der Waals surface area contributed by atoms with Crippen LogP contribution in [0.25, 0.3) is 11.1 Å². The molecule has 0 amide bonds. The lowest BCUT2D eigenvalue weighted by atomic mass is 10.00. The molecule has 2 rings (SSSR count). The number of hydrogen-bond donors (Lipinski definition) is 1. The molecule has 0 saturated heterocycles. The molecule has 0 aliphatic carbocycles. The fourth-order valence-corrected chi connectivity index (χ4v) is 1.92. The summed E-state index contributed by atoms with van der Waals surface area (Å²) in [4.78, 5) is 10.5. The second-order valence-corrected chi connectivity index (χ2v) is 4.37. The van der Waals surface area contributed by atoms with Crippen LogP contribution in [0.2, 0.25) is 0 Å². The van der Waals surface area contributed by atoms with Gasteiger partial charge in [0.15, 0.2) is 0 Å². The highest BCUT2D eigenvalue weighted by Gasteiger charge is 2.10. The Morgan fingerprint density at radius 2 is 1.75 bits per heavy atom. The van der Waals surface area contributed by atoms with Crippen LogP contribution in [-0.4, -0.2) is 11.1 Å². The first kappa shape index (κ1) is 14.1. The number of aliphatic carboxylic acids is 1. The van der Waals surface area contributed by atoms with E-state index >= 15 is 0 Å². The molecule has 2 aromatic carbocycles. The molecule has 5 heteroatoms. The minimum absolute atomic E-state index is 0.0546. The van der Waals surface area contributed by atoms with Gasteiger partial charge in [0.2, 0.25) is 0 Å². The van der Waals surface area contributed by atoms with E-state index in [9.17, 15) is 18.0 Å². The van der Waals surface area contributed by atoms with Crippen molar-refractivity contribution < 1.29 is 23.1 Å². The van der Waals surface area contributed by atoms with Crippen molar-refractivity contribution in [1.29, 1.82) is 0 Å². The second-order valence-electron chi connectivity index (χ2n) is 4.37. The van der Waals surface area contributed by atoms with Crippen LogP contribution in [0.3, 0.4) is 0 Å². The van der Waals surface area contributed by atoms with Crippen LogP contribution in [0.15, 0.2) is 36.4 Å². The van der Waals surface area contributed by atoms with Gasteiger partial charge in [0.1, 0.15) is 17.5 Å². The Bertz CT molecular complexity index is 654. The molecule has 104 valence electrons. The number of carbonyl (C=O) groups is 1. The summed E-state index contributed by atoms with van der Waals surface area (Å²) in [5.74, 6) is -2.92. The molecule has 0 heterocycles. The molecule has 2 nitrogen and oxygen atoms in total. The molecular formula is C15H11F3O2. The maximum atomic E-state index is 13.6. The van der Waals surface area contributed by atoms with E-state index in [4.69, 9.17) is 5.11 Å². The standard InChI is InChI=1S/C15H11F3O2/c16-11-2-3-14(18)13(8-11)10-5-9(1-4-15(19)20)6-12(17)7-10/h2-3,5-8H,1,4H2,(H,19,20). The normalized spacial score (nSPS) is 10.6. The first-order valence-corrected chi connectivity index (χ1v) is 5.92. The quantitative estimate of drug-likeness (QED) is 0.925. The molecule has 1 N–H and O–H groups in total. The zero-order valence-electron chi connectivity index (χ0n) is 10.4. The van der Waals surface area contributed by atoms with Crippen molar-refractivity contribution in [2.45, 2.75) is 12.8 Å². The van der Waals surface area contributed by atoms with E-state index in [1.54, 1.807) is 0 Å². The molecule has 0 bridgehead atoms. The van der Waals surface area contributed by atoms with E-state index in [1.165, 1.54) is 12.1 Å². The smallest absolute Gasteiger partial charge is 0.303 e. The molecule has 0 aliphatic rings. The van der Waals surface area contributed by atoms with Crippen molar-refractivity contribution >= 4 is 5.97 Å². The zero-order valence-corrected chi connectivity index (χ0v) is 10.4. The lowest BCUT2D eigenvalue weighted by molar-refractivity contribution is -0.136. The predicted molar refractivity (Wildman–Crippen MR) is 67.7 cm³/mol. The molecular weight excluding hydrogens is 269 g/mol. The maximum Gasteiger partial charge on any atom is 0.303 e. The minimum atomic E-state index is -1.01. The van der Waals surface area contributed by atoms with E-state index in [1.807, 2.05) is 0 Å². The minimum Gasteiger partial charge on any atom is -0.481 e. The molecule has 2 aromatic rings. The van der Waals surface area contributed by atoms with Crippen LogP contribution < -0.4 is 0 Å². The molecule has 0 radical (unpaired) electrons. The summed E-state index contributed by atoms with van der Waals surface area (Å²) in [5, 5.41) is 8.61. The fraction of sp³-hybridized carbons (Fsp3) is 0.133. The van der Waals surface area contributed by atoms with Crippen LogP contribution in [0.4, 0.5) is 13.2 Å². The first-order valence-electron chi connectivity index (χ1n) is 5.92. The summed E-state index contributed by atoms with van der Waals surface area (Å²) in [6.07, 6.45) is -0.0362. The largest absolute Gasteiger partial charge is 0.481 e. The van der Waals surface area contributed by atoms with Gasteiger partial charge in [-0.1, -0.05) is 6.07 Å². The highest BCUT2D eigenvalue weighted by atomic mass is 19.1. The van der Waals surface area contributed by atoms with Crippen LogP contribution >= 0.6 is 0 Å². The van der Waals surface area contributed by atoms with E-state index in [0.29, 0.717) is 5.56 Å². The van der Waals surface area contributed by atoms with Gasteiger partial charge < -0.3 is 5.11 Å². The average molecular weight is 280 g/mol. The maximum absolute atomic E-state index is 13.6. The third-order valence-electron chi connectivity index (χ3n) is 2.82. The van der Waals surface area contributed by atoms with Gasteiger partial charge in [0.25, 0.3) is 0 Å². The second kappa shape index (κ2) is 5.77. The Morgan fingerprint density at radius 3 is 2.45 bits per heavy atom. The van der Waals surface area contributed by atoms with Crippen LogP contribution in [0.1, 0.15) is 12.0 Å². The Morgan fingerprint density at radius 1 is 1.00 bits per heavy atom. The number of carboxylic acid groups (broad SMARTS) is 1. The van der Waals surface area contributed by atoms with Crippen molar-refractivity contribution in [2.24, 2.45) is 0 Å². The van der Waals surface area contributed by atoms with Gasteiger partial charge in [0, 0.05) is 12.0 Å². The molecule has 0 aliphatic heterocycles. The third kappa shape index (κ3) is 3.38. The highest BCUT2D eigenvalue weighted by Crippen LogP contribution is 2.26. The predicted octanol–water partition coefficient (Wildman–Crippen LogP) is 3.79. The molecule has 0 fully saturated rings. The van der Waals surface area contributed by atoms with Crippen molar-refractivity contribution in [3.05, 3.63) is 59.4 Å². The zero-order chi connectivity index (χ0) is 14.7. The average Bonchev–Trinajstić information content (AvgIpc) is 2.38. The number of aryl methyl sites for hydroxylation is 1. The van der Waals surface area contributed by atoms with E-state index in [2.05, 4.69) is 0 Å². The van der Waals surface area contributed by atoms with Gasteiger partial charge in [0.05, 0.1) is 0 Å². The van der Waals surface area contributed by atoms with E-state index in [-0.39, 0.29) is 24.0 Å². The molecule has 20 heavy (non-hydrogen) atoms. The summed E-state index contributed by atoms with van der Waals surface area (Å²) in [5.41, 5.74) is 0.550. The van der Waals surface area contributed by atoms with Gasteiger partial charge in [-0.25, -0.2) is 13.2 Å². The molecule has 0 unspecified atom stereocenters. The number of rotatable bonds is 4. The Balaban J connectivity index is 2.41. The Kier molecular flexibility index (Phi) is 4.08. The van der Waals surface area contributed by atoms with Gasteiger partial charge in [-0.15, -0.1) is 0 Å². The SMILES string of the molecule is O=C(O)CCc1cc(F)cc(-c2cc(F)ccc2F)c1.